The van der Waals surface area contributed by atoms with Crippen LogP contribution in [-0.2, 0) is 38.2 Å². The second kappa shape index (κ2) is 36.5. The molecule has 0 aliphatic rings. The fourth-order valence-corrected chi connectivity index (χ4v) is 3.64. The van der Waals surface area contributed by atoms with Gasteiger partial charge in [-0.3, -0.25) is 0 Å². The number of allylic oxidation sites excluding steroid dienone is 2. The number of hydrogen-bond acceptors (Lipinski definition) is 12. The van der Waals surface area contributed by atoms with E-state index in [-0.39, 0.29) is 84.8 Å². The molecule has 0 saturated heterocycles. The topological polar surface area (TPSA) is 219 Å². The van der Waals surface area contributed by atoms with E-state index in [4.69, 9.17) is 11.5 Å². The summed E-state index contributed by atoms with van der Waals surface area (Å²) in [7, 11) is 0. The normalized spacial score (nSPS) is 11.7. The third-order valence-electron chi connectivity index (χ3n) is 6.28. The Hall–Kier alpha value is -1.38. The summed E-state index contributed by atoms with van der Waals surface area (Å²) in [6, 6.07) is -2.26. The summed E-state index contributed by atoms with van der Waals surface area (Å²) >= 11 is 0. The van der Waals surface area contributed by atoms with Crippen molar-refractivity contribution in [3.63, 3.8) is 0 Å². The first-order chi connectivity index (χ1) is 20.9. The van der Waals surface area contributed by atoms with Gasteiger partial charge in [0, 0.05) is 24.1 Å². The first-order valence-corrected chi connectivity index (χ1v) is 15.7. The number of ether oxygens (including phenoxy) is 2. The van der Waals surface area contributed by atoms with Crippen molar-refractivity contribution in [1.29, 1.82) is 0 Å². The van der Waals surface area contributed by atoms with E-state index in [1.165, 1.54) is 63.5 Å². The molecule has 0 aliphatic carbocycles. The van der Waals surface area contributed by atoms with E-state index in [1.54, 1.807) is 12.2 Å². The maximum Gasteiger partial charge on any atom is 1.00 e. The molecule has 0 aromatic heterocycles. The van der Waals surface area contributed by atoms with Gasteiger partial charge in [-0.1, -0.05) is 90.2 Å². The Labute approximate surface area is 318 Å². The maximum absolute atomic E-state index is 11.4. The number of carbonyl (C=O) groups excluding carboxylic acids is 6. The molecule has 0 spiro atoms. The largest absolute Gasteiger partial charge is 1.00 e. The van der Waals surface area contributed by atoms with Gasteiger partial charge in [0.05, 0.1) is 0 Å². The number of carboxylic acid groups (broad SMARTS) is 2. The molecule has 0 heterocycles. The Kier molecular flexibility index (Phi) is 40.8. The molecule has 2 atom stereocenters. The third kappa shape index (κ3) is 37.1. The molecule has 0 unspecified atom stereocenters. The van der Waals surface area contributed by atoms with E-state index in [0.29, 0.717) is 0 Å². The number of aliphatic carboxylic acids is 2. The molecule has 0 radical (unpaired) electrons. The zero-order valence-corrected chi connectivity index (χ0v) is 32.4. The van der Waals surface area contributed by atoms with Crippen LogP contribution < -0.4 is 80.8 Å². The first-order valence-electron chi connectivity index (χ1n) is 15.7. The van der Waals surface area contributed by atoms with Crippen molar-refractivity contribution in [2.45, 2.75) is 142 Å². The average Bonchev–Trinajstić information content (AvgIpc) is 2.97. The summed E-state index contributed by atoms with van der Waals surface area (Å²) < 4.78 is 9.00. The van der Waals surface area contributed by atoms with Crippen molar-refractivity contribution in [3.05, 3.63) is 24.3 Å². The average molecular weight is 671 g/mol. The van der Waals surface area contributed by atoms with Crippen LogP contribution in [0.4, 0.5) is 0 Å². The summed E-state index contributed by atoms with van der Waals surface area (Å²) in [4.78, 5) is 66.0. The van der Waals surface area contributed by atoms with Crippen LogP contribution in [0.5, 0.6) is 0 Å². The van der Waals surface area contributed by atoms with Crippen molar-refractivity contribution < 1.29 is 108 Å². The minimum Gasteiger partial charge on any atom is -0.550 e. The van der Waals surface area contributed by atoms with Gasteiger partial charge in [0.1, 0.15) is 12.1 Å². The number of esters is 4. The molecule has 0 rings (SSSR count). The second-order valence-electron chi connectivity index (χ2n) is 10.4. The Morgan fingerprint density at radius 3 is 1.17 bits per heavy atom. The number of unbranched alkanes of at least 4 members (excludes halogenated alkanes) is 12. The van der Waals surface area contributed by atoms with Gasteiger partial charge in [-0.05, 0) is 51.4 Å². The molecule has 46 heavy (non-hydrogen) atoms. The van der Waals surface area contributed by atoms with Gasteiger partial charge >= 0.3 is 83.0 Å². The van der Waals surface area contributed by atoms with E-state index < -0.39 is 47.9 Å². The van der Waals surface area contributed by atoms with Crippen molar-refractivity contribution in [3.8, 4) is 0 Å². The number of carbonyl (C=O) groups is 6. The molecule has 252 valence electrons. The predicted octanol–water partition coefficient (Wildman–Crippen LogP) is -3.55. The predicted molar refractivity (Wildman–Crippen MR) is 161 cm³/mol. The maximum atomic E-state index is 11.4. The van der Waals surface area contributed by atoms with E-state index in [2.05, 4.69) is 23.3 Å². The fraction of sp³-hybridized carbons (Fsp3) is 0.688. The molecule has 12 nitrogen and oxygen atoms in total. The molecule has 0 amide bonds. The van der Waals surface area contributed by atoms with E-state index in [1.807, 2.05) is 0 Å². The van der Waals surface area contributed by atoms with Gasteiger partial charge in [0.15, 0.2) is 0 Å². The van der Waals surface area contributed by atoms with Crippen LogP contribution in [0.15, 0.2) is 24.3 Å². The summed E-state index contributed by atoms with van der Waals surface area (Å²) in [5.41, 5.74) is 10.8. The zero-order chi connectivity index (χ0) is 33.6. The van der Waals surface area contributed by atoms with Gasteiger partial charge in [0.25, 0.3) is 0 Å². The summed E-state index contributed by atoms with van der Waals surface area (Å²) in [5.74, 6) is -5.99. The zero-order valence-electron chi connectivity index (χ0n) is 28.4. The molecule has 0 aromatic carbocycles. The van der Waals surface area contributed by atoms with Crippen LogP contribution in [0.3, 0.4) is 0 Å². The third-order valence-corrected chi connectivity index (χ3v) is 6.28. The summed E-state index contributed by atoms with van der Waals surface area (Å²) in [6.07, 6.45) is 20.3. The molecular formula is C32H52N2Na2O10. The Morgan fingerprint density at radius 2 is 0.870 bits per heavy atom. The van der Waals surface area contributed by atoms with Gasteiger partial charge in [-0.25, -0.2) is 19.2 Å². The SMILES string of the molecule is CCCCCCCCC=CC(=O)OC(=O)[C@@H](N)CCC(=O)[O-].CCCCCCCCC=CC(=O)OC(=O)[C@@H](N)CCC(=O)[O-].[Na+].[Na+]. The standard InChI is InChI=1S/2C16H27NO5.2Na/c2*1-2-3-4-5-6-7-8-9-10-15(20)22-16(21)13(17)11-12-14(18)19;;/h2*9-10,13H,2-8,11-12,17H2,1H3,(H,18,19);;/q;;2*+1/p-2/t2*13-;;/m00../s1. The van der Waals surface area contributed by atoms with Crippen LogP contribution >= 0.6 is 0 Å². The van der Waals surface area contributed by atoms with E-state index in [0.717, 1.165) is 38.5 Å². The summed E-state index contributed by atoms with van der Waals surface area (Å²) in [5, 5.41) is 20.5. The van der Waals surface area contributed by atoms with Gasteiger partial charge < -0.3 is 40.7 Å². The molecule has 14 heteroatoms. The monoisotopic (exact) mass is 670 g/mol. The van der Waals surface area contributed by atoms with Gasteiger partial charge in [-0.2, -0.15) is 0 Å². The molecular weight excluding hydrogens is 618 g/mol. The molecule has 4 N–H and O–H groups in total. The fourth-order valence-electron chi connectivity index (χ4n) is 3.64. The number of hydrogen-bond donors (Lipinski definition) is 2. The van der Waals surface area contributed by atoms with Crippen molar-refractivity contribution in [1.82, 2.24) is 0 Å². The van der Waals surface area contributed by atoms with Crippen LogP contribution in [0.25, 0.3) is 0 Å². The van der Waals surface area contributed by atoms with Crippen molar-refractivity contribution in [2.24, 2.45) is 11.5 Å². The van der Waals surface area contributed by atoms with Crippen molar-refractivity contribution in [2.75, 3.05) is 0 Å². The first kappa shape index (κ1) is 51.5. The number of nitrogens with two attached hydrogens (primary N) is 2. The van der Waals surface area contributed by atoms with E-state index >= 15 is 0 Å². The smallest absolute Gasteiger partial charge is 0.550 e. The van der Waals surface area contributed by atoms with E-state index in [9.17, 15) is 39.0 Å². The number of carboxylic acids is 2. The molecule has 0 fully saturated rings. The second-order valence-corrected chi connectivity index (χ2v) is 10.4. The summed E-state index contributed by atoms with van der Waals surface area (Å²) in [6.45, 7) is 4.33. The molecule has 0 aliphatic heterocycles. The Bertz CT molecular complexity index is 841. The van der Waals surface area contributed by atoms with Crippen LogP contribution in [0.1, 0.15) is 129 Å². The molecule has 0 aromatic rings. The van der Waals surface area contributed by atoms with Crippen LogP contribution in [-0.4, -0.2) is 47.9 Å². The molecule has 0 saturated carbocycles. The molecule has 0 bridgehead atoms. The van der Waals surface area contributed by atoms with Crippen LogP contribution in [0.2, 0.25) is 0 Å². The van der Waals surface area contributed by atoms with Crippen LogP contribution in [0, 0.1) is 0 Å². The Balaban J connectivity index is -0.000000367. The van der Waals surface area contributed by atoms with Gasteiger partial charge in [-0.15, -0.1) is 0 Å². The van der Waals surface area contributed by atoms with Crippen molar-refractivity contribution >= 4 is 35.8 Å². The van der Waals surface area contributed by atoms with Gasteiger partial charge in [0.2, 0.25) is 0 Å². The number of rotatable bonds is 24. The minimum atomic E-state index is -1.30. The minimum absolute atomic E-state index is 0. The Morgan fingerprint density at radius 1 is 0.565 bits per heavy atom. The quantitative estimate of drug-likeness (QED) is 0.0335.